The van der Waals surface area contributed by atoms with Crippen LogP contribution in [0.15, 0.2) is 0 Å². The zero-order valence-electron chi connectivity index (χ0n) is 7.70. The third-order valence-corrected chi connectivity index (χ3v) is 0.877. The third kappa shape index (κ3) is 16.4. The molecule has 0 fully saturated rings. The number of rotatable bonds is 3. The molecule has 5 nitrogen and oxygen atoms in total. The Kier molecular flexibility index (Phi) is 8.90. The van der Waals surface area contributed by atoms with E-state index in [2.05, 4.69) is 0 Å². The highest BCUT2D eigenvalue weighted by atomic mass is 16.3. The van der Waals surface area contributed by atoms with Gasteiger partial charge in [0.2, 0.25) is 0 Å². The SMILES string of the molecule is CC(C)(N)CO.NC(CO)CO. The molecule has 0 saturated heterocycles. The largest absolute Gasteiger partial charge is 0.395 e. The highest BCUT2D eigenvalue weighted by Gasteiger charge is 2.05. The quantitative estimate of drug-likeness (QED) is 0.345. The molecule has 7 N–H and O–H groups in total. The van der Waals surface area contributed by atoms with Crippen molar-refractivity contribution in [2.45, 2.75) is 25.4 Å². The van der Waals surface area contributed by atoms with Gasteiger partial charge < -0.3 is 26.8 Å². The molecule has 0 aromatic rings. The van der Waals surface area contributed by atoms with Crippen LogP contribution in [0, 0.1) is 0 Å². The van der Waals surface area contributed by atoms with Crippen LogP contribution in [-0.2, 0) is 0 Å². The highest BCUT2D eigenvalue weighted by molar-refractivity contribution is 4.67. The lowest BCUT2D eigenvalue weighted by Crippen LogP contribution is -2.35. The number of hydrogen-bond donors (Lipinski definition) is 5. The molecule has 0 amide bonds. The van der Waals surface area contributed by atoms with Gasteiger partial charge in [-0.15, -0.1) is 0 Å². The monoisotopic (exact) mass is 180 g/mol. The van der Waals surface area contributed by atoms with Gasteiger partial charge in [0.15, 0.2) is 0 Å². The molecule has 0 bridgehead atoms. The van der Waals surface area contributed by atoms with Crippen LogP contribution in [0.1, 0.15) is 13.8 Å². The molecule has 5 heteroatoms. The summed E-state index contributed by atoms with van der Waals surface area (Å²) in [6.07, 6.45) is 0. The second kappa shape index (κ2) is 7.45. The van der Waals surface area contributed by atoms with Crippen molar-refractivity contribution in [3.8, 4) is 0 Å². The normalized spacial score (nSPS) is 11.0. The van der Waals surface area contributed by atoms with Crippen LogP contribution < -0.4 is 11.5 Å². The number of nitrogens with two attached hydrogens (primary N) is 2. The van der Waals surface area contributed by atoms with Gasteiger partial charge in [-0.2, -0.15) is 0 Å². The topological polar surface area (TPSA) is 113 Å². The lowest BCUT2D eigenvalue weighted by atomic mass is 10.1. The van der Waals surface area contributed by atoms with Gasteiger partial charge in [0.05, 0.1) is 25.9 Å². The van der Waals surface area contributed by atoms with Gasteiger partial charge in [-0.1, -0.05) is 0 Å². The first-order valence-corrected chi connectivity index (χ1v) is 3.74. The fourth-order valence-corrected chi connectivity index (χ4v) is 0.0577. The second-order valence-corrected chi connectivity index (χ2v) is 3.27. The Morgan fingerprint density at radius 2 is 1.42 bits per heavy atom. The number of hydrogen-bond acceptors (Lipinski definition) is 5. The summed E-state index contributed by atoms with van der Waals surface area (Å²) in [4.78, 5) is 0. The van der Waals surface area contributed by atoms with Crippen LogP contribution in [0.3, 0.4) is 0 Å². The molecule has 76 valence electrons. The van der Waals surface area contributed by atoms with Crippen molar-refractivity contribution in [2.75, 3.05) is 19.8 Å². The molecule has 0 rings (SSSR count). The molecule has 0 aliphatic rings. The molecular weight excluding hydrogens is 160 g/mol. The van der Waals surface area contributed by atoms with E-state index in [0.717, 1.165) is 0 Å². The van der Waals surface area contributed by atoms with E-state index in [9.17, 15) is 0 Å². The highest BCUT2D eigenvalue weighted by Crippen LogP contribution is 1.89. The van der Waals surface area contributed by atoms with Gasteiger partial charge in [-0.05, 0) is 13.8 Å². The first-order valence-electron chi connectivity index (χ1n) is 3.74. The molecule has 0 saturated carbocycles. The maximum Gasteiger partial charge on any atom is 0.0605 e. The molecule has 0 unspecified atom stereocenters. The number of aliphatic hydroxyl groups is 3. The van der Waals surface area contributed by atoms with E-state index in [4.69, 9.17) is 26.8 Å². The van der Waals surface area contributed by atoms with Crippen molar-refractivity contribution in [1.29, 1.82) is 0 Å². The van der Waals surface area contributed by atoms with Crippen LogP contribution in [0.25, 0.3) is 0 Å². The van der Waals surface area contributed by atoms with Crippen molar-refractivity contribution < 1.29 is 15.3 Å². The van der Waals surface area contributed by atoms with Crippen LogP contribution in [0.4, 0.5) is 0 Å². The summed E-state index contributed by atoms with van der Waals surface area (Å²) in [5.74, 6) is 0. The minimum atomic E-state index is -0.454. The minimum absolute atomic E-state index is 0.0486. The van der Waals surface area contributed by atoms with Gasteiger partial charge in [0, 0.05) is 5.54 Å². The molecule has 0 aromatic carbocycles. The first-order chi connectivity index (χ1) is 5.37. The summed E-state index contributed by atoms with van der Waals surface area (Å²) in [6.45, 7) is 3.31. The molecule has 0 radical (unpaired) electrons. The van der Waals surface area contributed by atoms with Crippen LogP contribution in [0.2, 0.25) is 0 Å². The predicted octanol–water partition coefficient (Wildman–Crippen LogP) is -1.99. The summed E-state index contributed by atoms with van der Waals surface area (Å²) < 4.78 is 0. The van der Waals surface area contributed by atoms with Gasteiger partial charge in [-0.3, -0.25) is 0 Å². The van der Waals surface area contributed by atoms with Gasteiger partial charge in [-0.25, -0.2) is 0 Å². The third-order valence-electron chi connectivity index (χ3n) is 0.877. The van der Waals surface area contributed by atoms with Crippen molar-refractivity contribution in [1.82, 2.24) is 0 Å². The number of aliphatic hydroxyl groups excluding tert-OH is 3. The van der Waals surface area contributed by atoms with Crippen LogP contribution in [-0.4, -0.2) is 46.7 Å². The van der Waals surface area contributed by atoms with Crippen molar-refractivity contribution >= 4 is 0 Å². The molecule has 0 atom stereocenters. The summed E-state index contributed by atoms with van der Waals surface area (Å²) in [7, 11) is 0. The Hall–Kier alpha value is -0.200. The molecule has 12 heavy (non-hydrogen) atoms. The summed E-state index contributed by atoms with van der Waals surface area (Å²) >= 11 is 0. The Morgan fingerprint density at radius 1 is 1.17 bits per heavy atom. The van der Waals surface area contributed by atoms with Crippen LogP contribution in [0.5, 0.6) is 0 Å². The van der Waals surface area contributed by atoms with E-state index in [1.807, 2.05) is 0 Å². The zero-order valence-corrected chi connectivity index (χ0v) is 7.70. The van der Waals surface area contributed by atoms with E-state index in [0.29, 0.717) is 0 Å². The lowest BCUT2D eigenvalue weighted by molar-refractivity contribution is 0.194. The van der Waals surface area contributed by atoms with E-state index < -0.39 is 11.6 Å². The summed E-state index contributed by atoms with van der Waals surface area (Å²) in [5, 5.41) is 24.4. The van der Waals surface area contributed by atoms with Gasteiger partial charge >= 0.3 is 0 Å². The average Bonchev–Trinajstić information content (AvgIpc) is 2.03. The van der Waals surface area contributed by atoms with E-state index in [1.54, 1.807) is 13.8 Å². The molecule has 0 heterocycles. The maximum atomic E-state index is 8.28. The summed E-state index contributed by atoms with van der Waals surface area (Å²) in [6, 6.07) is -0.454. The Balaban J connectivity index is 0. The standard InChI is InChI=1S/C4H11NO.C3H9NO2/c1-4(2,5)3-6;4-3(1-5)2-6/h6H,3,5H2,1-2H3;3,5-6H,1-2,4H2. The fourth-order valence-electron chi connectivity index (χ4n) is 0.0577. The molecular formula is C7H20N2O3. The minimum Gasteiger partial charge on any atom is -0.395 e. The zero-order chi connectivity index (χ0) is 10.2. The second-order valence-electron chi connectivity index (χ2n) is 3.27. The van der Waals surface area contributed by atoms with Crippen molar-refractivity contribution in [3.63, 3.8) is 0 Å². The smallest absolute Gasteiger partial charge is 0.0605 e. The maximum absolute atomic E-state index is 8.28. The predicted molar refractivity (Wildman–Crippen MR) is 47.5 cm³/mol. The van der Waals surface area contributed by atoms with E-state index in [-0.39, 0.29) is 19.8 Å². The molecule has 0 aliphatic heterocycles. The fraction of sp³-hybridized carbons (Fsp3) is 1.00. The first kappa shape index (κ1) is 14.3. The van der Waals surface area contributed by atoms with Crippen molar-refractivity contribution in [2.24, 2.45) is 11.5 Å². The molecule has 0 aliphatic carbocycles. The van der Waals surface area contributed by atoms with E-state index in [1.165, 1.54) is 0 Å². The Bertz CT molecular complexity index is 89.1. The average molecular weight is 180 g/mol. The Labute approximate surface area is 73.0 Å². The van der Waals surface area contributed by atoms with Crippen molar-refractivity contribution in [3.05, 3.63) is 0 Å². The molecule has 0 aromatic heterocycles. The van der Waals surface area contributed by atoms with Crippen LogP contribution >= 0.6 is 0 Å². The summed E-state index contributed by atoms with van der Waals surface area (Å²) in [5.41, 5.74) is 9.85. The van der Waals surface area contributed by atoms with Gasteiger partial charge in [0.1, 0.15) is 0 Å². The van der Waals surface area contributed by atoms with Gasteiger partial charge in [0.25, 0.3) is 0 Å². The Morgan fingerprint density at radius 3 is 1.42 bits per heavy atom. The molecule has 0 spiro atoms. The lowest BCUT2D eigenvalue weighted by Gasteiger charge is -2.12. The van der Waals surface area contributed by atoms with E-state index >= 15 is 0 Å².